The van der Waals surface area contributed by atoms with Gasteiger partial charge in [-0.1, -0.05) is 48.0 Å². The van der Waals surface area contributed by atoms with E-state index in [9.17, 15) is 4.79 Å². The maximum atomic E-state index is 12.6. The second kappa shape index (κ2) is 8.06. The molecule has 2 aromatic heterocycles. The molecule has 0 bridgehead atoms. The predicted molar refractivity (Wildman–Crippen MR) is 106 cm³/mol. The average molecular weight is 393 g/mol. The number of hydrogen-bond donors (Lipinski definition) is 2. The van der Waals surface area contributed by atoms with Gasteiger partial charge < -0.3 is 5.32 Å². The van der Waals surface area contributed by atoms with E-state index < -0.39 is 0 Å². The van der Waals surface area contributed by atoms with Crippen molar-refractivity contribution in [3.05, 3.63) is 89.1 Å². The number of nitrogens with zero attached hydrogens (tertiary/aromatic N) is 4. The third kappa shape index (κ3) is 4.10. The van der Waals surface area contributed by atoms with Crippen molar-refractivity contribution in [2.45, 2.75) is 13.1 Å². The summed E-state index contributed by atoms with van der Waals surface area (Å²) in [5.41, 5.74) is 4.12. The standard InChI is InChI=1S/C20H17ClN6O/c21-17-7-5-16(6-8-17)19-18(10-24-26-19)20(28)23-9-14-1-3-15(4-2-14)11-27-13-22-12-25-27/h1-8,10,12-13H,9,11H2,(H,23,28)(H,24,26). The van der Waals surface area contributed by atoms with Crippen molar-refractivity contribution < 1.29 is 4.79 Å². The molecule has 1 amide bonds. The van der Waals surface area contributed by atoms with E-state index >= 15 is 0 Å². The summed E-state index contributed by atoms with van der Waals surface area (Å²) in [7, 11) is 0. The van der Waals surface area contributed by atoms with Crippen LogP contribution in [0.3, 0.4) is 0 Å². The van der Waals surface area contributed by atoms with Crippen LogP contribution in [-0.4, -0.2) is 30.9 Å². The Morgan fingerprint density at radius 2 is 1.82 bits per heavy atom. The molecule has 0 aliphatic carbocycles. The van der Waals surface area contributed by atoms with Gasteiger partial charge in [0, 0.05) is 17.1 Å². The molecule has 0 aliphatic heterocycles. The van der Waals surface area contributed by atoms with Gasteiger partial charge in [-0.25, -0.2) is 9.67 Å². The van der Waals surface area contributed by atoms with E-state index in [1.54, 1.807) is 23.1 Å². The highest BCUT2D eigenvalue weighted by Gasteiger charge is 2.15. The molecule has 0 spiro atoms. The quantitative estimate of drug-likeness (QED) is 0.527. The van der Waals surface area contributed by atoms with E-state index in [1.807, 2.05) is 36.4 Å². The fourth-order valence-corrected chi connectivity index (χ4v) is 2.96. The molecule has 2 aromatic carbocycles. The molecule has 0 unspecified atom stereocenters. The van der Waals surface area contributed by atoms with Crippen LogP contribution in [0.25, 0.3) is 11.3 Å². The molecule has 0 fully saturated rings. The molecule has 4 rings (SSSR count). The molecule has 0 atom stereocenters. The number of aromatic amines is 1. The molecule has 2 heterocycles. The van der Waals surface area contributed by atoms with Crippen molar-refractivity contribution in [2.75, 3.05) is 0 Å². The number of carbonyl (C=O) groups excluding carboxylic acids is 1. The molecule has 2 N–H and O–H groups in total. The Balaban J connectivity index is 1.40. The number of carbonyl (C=O) groups is 1. The van der Waals surface area contributed by atoms with Gasteiger partial charge in [-0.15, -0.1) is 0 Å². The first kappa shape index (κ1) is 17.9. The van der Waals surface area contributed by atoms with Crippen LogP contribution in [0, 0.1) is 0 Å². The highest BCUT2D eigenvalue weighted by molar-refractivity contribution is 6.30. The molecule has 4 aromatic rings. The Kier molecular flexibility index (Phi) is 5.16. The summed E-state index contributed by atoms with van der Waals surface area (Å²) >= 11 is 5.93. The molecule has 0 saturated carbocycles. The van der Waals surface area contributed by atoms with Crippen LogP contribution >= 0.6 is 11.6 Å². The SMILES string of the molecule is O=C(NCc1ccc(Cn2cncn2)cc1)c1cn[nH]c1-c1ccc(Cl)cc1. The zero-order valence-electron chi connectivity index (χ0n) is 14.8. The van der Waals surface area contributed by atoms with Crippen molar-refractivity contribution in [2.24, 2.45) is 0 Å². The number of halogens is 1. The monoisotopic (exact) mass is 392 g/mol. The second-order valence-electron chi connectivity index (χ2n) is 6.26. The minimum absolute atomic E-state index is 0.189. The van der Waals surface area contributed by atoms with Gasteiger partial charge in [0.15, 0.2) is 0 Å². The topological polar surface area (TPSA) is 88.5 Å². The summed E-state index contributed by atoms with van der Waals surface area (Å²) in [6, 6.07) is 15.3. The zero-order valence-corrected chi connectivity index (χ0v) is 15.6. The van der Waals surface area contributed by atoms with Crippen molar-refractivity contribution in [1.82, 2.24) is 30.3 Å². The number of amides is 1. The van der Waals surface area contributed by atoms with Gasteiger partial charge in [-0.05, 0) is 23.3 Å². The van der Waals surface area contributed by atoms with Gasteiger partial charge in [0.2, 0.25) is 0 Å². The maximum absolute atomic E-state index is 12.6. The van der Waals surface area contributed by atoms with E-state index in [1.165, 1.54) is 12.5 Å². The van der Waals surface area contributed by atoms with Crippen LogP contribution < -0.4 is 5.32 Å². The number of hydrogen-bond acceptors (Lipinski definition) is 4. The van der Waals surface area contributed by atoms with Crippen molar-refractivity contribution >= 4 is 17.5 Å². The van der Waals surface area contributed by atoms with Crippen LogP contribution in [0.4, 0.5) is 0 Å². The minimum Gasteiger partial charge on any atom is -0.348 e. The van der Waals surface area contributed by atoms with E-state index in [-0.39, 0.29) is 5.91 Å². The Morgan fingerprint density at radius 3 is 2.54 bits per heavy atom. The van der Waals surface area contributed by atoms with Crippen LogP contribution in [0.5, 0.6) is 0 Å². The maximum Gasteiger partial charge on any atom is 0.255 e. The summed E-state index contributed by atoms with van der Waals surface area (Å²) in [6.07, 6.45) is 4.72. The summed E-state index contributed by atoms with van der Waals surface area (Å²) < 4.78 is 1.76. The van der Waals surface area contributed by atoms with Crippen LogP contribution in [0.2, 0.25) is 5.02 Å². The first-order valence-corrected chi connectivity index (χ1v) is 9.04. The third-order valence-corrected chi connectivity index (χ3v) is 4.56. The first-order valence-electron chi connectivity index (χ1n) is 8.67. The predicted octanol–water partition coefficient (Wildman–Crippen LogP) is 3.30. The fourth-order valence-electron chi connectivity index (χ4n) is 2.84. The van der Waals surface area contributed by atoms with Gasteiger partial charge in [0.05, 0.1) is 24.0 Å². The van der Waals surface area contributed by atoms with Crippen LogP contribution in [-0.2, 0) is 13.1 Å². The molecule has 0 saturated heterocycles. The highest BCUT2D eigenvalue weighted by Crippen LogP contribution is 2.23. The second-order valence-corrected chi connectivity index (χ2v) is 6.69. The van der Waals surface area contributed by atoms with Crippen molar-refractivity contribution in [3.8, 4) is 11.3 Å². The number of aromatic nitrogens is 5. The zero-order chi connectivity index (χ0) is 19.3. The van der Waals surface area contributed by atoms with Gasteiger partial charge in [-0.2, -0.15) is 10.2 Å². The molecule has 0 radical (unpaired) electrons. The summed E-state index contributed by atoms with van der Waals surface area (Å²) in [4.78, 5) is 16.5. The fraction of sp³-hybridized carbons (Fsp3) is 0.100. The summed E-state index contributed by atoms with van der Waals surface area (Å²) in [6.45, 7) is 1.08. The lowest BCUT2D eigenvalue weighted by atomic mass is 10.1. The molecular formula is C20H17ClN6O. The van der Waals surface area contributed by atoms with E-state index in [0.717, 1.165) is 16.7 Å². The third-order valence-electron chi connectivity index (χ3n) is 4.30. The summed E-state index contributed by atoms with van der Waals surface area (Å²) in [5.74, 6) is -0.189. The lowest BCUT2D eigenvalue weighted by Gasteiger charge is -2.07. The van der Waals surface area contributed by atoms with Crippen molar-refractivity contribution in [1.29, 1.82) is 0 Å². The molecule has 0 aliphatic rings. The molecule has 140 valence electrons. The Bertz CT molecular complexity index is 1060. The van der Waals surface area contributed by atoms with Crippen LogP contribution in [0.1, 0.15) is 21.5 Å². The van der Waals surface area contributed by atoms with Crippen LogP contribution in [0.15, 0.2) is 67.4 Å². The normalized spacial score (nSPS) is 10.8. The number of rotatable bonds is 6. The molecule has 8 heteroatoms. The van der Waals surface area contributed by atoms with Gasteiger partial charge >= 0.3 is 0 Å². The number of benzene rings is 2. The average Bonchev–Trinajstić information content (AvgIpc) is 3.40. The molecule has 28 heavy (non-hydrogen) atoms. The van der Waals surface area contributed by atoms with Gasteiger partial charge in [0.1, 0.15) is 12.7 Å². The lowest BCUT2D eigenvalue weighted by Crippen LogP contribution is -2.23. The van der Waals surface area contributed by atoms with E-state index in [0.29, 0.717) is 29.4 Å². The highest BCUT2D eigenvalue weighted by atomic mass is 35.5. The Labute approximate surface area is 166 Å². The van der Waals surface area contributed by atoms with Crippen molar-refractivity contribution in [3.63, 3.8) is 0 Å². The van der Waals surface area contributed by atoms with E-state index in [4.69, 9.17) is 11.6 Å². The molecule has 7 nitrogen and oxygen atoms in total. The lowest BCUT2D eigenvalue weighted by molar-refractivity contribution is 0.0951. The first-order chi connectivity index (χ1) is 13.7. The van der Waals surface area contributed by atoms with E-state index in [2.05, 4.69) is 25.6 Å². The smallest absolute Gasteiger partial charge is 0.255 e. The van der Waals surface area contributed by atoms with Gasteiger partial charge in [0.25, 0.3) is 5.91 Å². The number of nitrogens with one attached hydrogen (secondary N) is 2. The Morgan fingerprint density at radius 1 is 1.07 bits per heavy atom. The molecular weight excluding hydrogens is 376 g/mol. The summed E-state index contributed by atoms with van der Waals surface area (Å²) in [5, 5.41) is 14.6. The Hall–Kier alpha value is -3.45. The largest absolute Gasteiger partial charge is 0.348 e. The van der Waals surface area contributed by atoms with Gasteiger partial charge in [-0.3, -0.25) is 9.89 Å². The number of H-pyrrole nitrogens is 1. The minimum atomic E-state index is -0.189.